The number of morpholine rings is 1. The summed E-state index contributed by atoms with van der Waals surface area (Å²) in [6.07, 6.45) is -8.36. The van der Waals surface area contributed by atoms with Gasteiger partial charge in [0.25, 0.3) is 11.8 Å². The van der Waals surface area contributed by atoms with Crippen LogP contribution >= 0.6 is 0 Å². The van der Waals surface area contributed by atoms with Gasteiger partial charge in [-0.25, -0.2) is 13.8 Å². The van der Waals surface area contributed by atoms with Crippen molar-refractivity contribution in [3.05, 3.63) is 94.0 Å². The molecule has 2 N–H and O–H groups in total. The number of hydrogen-bond acceptors (Lipinski definition) is 7. The van der Waals surface area contributed by atoms with Gasteiger partial charge < -0.3 is 15.2 Å². The number of nitrogens with zero attached hydrogens (tertiary/aromatic N) is 4. The van der Waals surface area contributed by atoms with Crippen LogP contribution in [-0.2, 0) is 33.2 Å². The number of fused-ring (bicyclic) bond motifs is 1. The van der Waals surface area contributed by atoms with Gasteiger partial charge in [-0.2, -0.15) is 26.3 Å². The number of carbonyl (C=O) groups excluding carboxylic acids is 2. The van der Waals surface area contributed by atoms with E-state index >= 15 is 8.78 Å². The zero-order valence-corrected chi connectivity index (χ0v) is 28.0. The lowest BCUT2D eigenvalue weighted by Gasteiger charge is -2.46. The molecule has 3 aliphatic heterocycles. The van der Waals surface area contributed by atoms with E-state index in [1.807, 2.05) is 4.90 Å². The Morgan fingerprint density at radius 1 is 1.00 bits per heavy atom. The molecule has 280 valence electrons. The first-order valence-corrected chi connectivity index (χ1v) is 16.3. The number of ether oxygens (including phenoxy) is 1. The Kier molecular flexibility index (Phi) is 10.2. The third kappa shape index (κ3) is 7.57. The second-order valence-electron chi connectivity index (χ2n) is 12.8. The Morgan fingerprint density at radius 2 is 1.74 bits per heavy atom. The SMILES string of the molecule is CC12CCCN1N(Cc1ccc(C#CCN3CCOCC3)c(F)c1F)C(=O)C(C(=O)Nc1ccc(C(F)(F)F)cc1-c1ccc(C(F)(F)F)nc1)=C2O. The summed E-state index contributed by atoms with van der Waals surface area (Å²) >= 11 is 0. The fourth-order valence-electron chi connectivity index (χ4n) is 6.50. The van der Waals surface area contributed by atoms with Crippen molar-refractivity contribution in [3.8, 4) is 23.0 Å². The average Bonchev–Trinajstić information content (AvgIpc) is 3.52. The molecule has 17 heteroatoms. The van der Waals surface area contributed by atoms with E-state index in [-0.39, 0.29) is 40.9 Å². The molecule has 3 aromatic rings. The number of amides is 2. The van der Waals surface area contributed by atoms with Crippen molar-refractivity contribution in [2.75, 3.05) is 44.7 Å². The van der Waals surface area contributed by atoms with Crippen LogP contribution in [0.15, 0.2) is 60.0 Å². The summed E-state index contributed by atoms with van der Waals surface area (Å²) in [6, 6.07) is 6.01. The zero-order chi connectivity index (χ0) is 38.3. The Labute approximate surface area is 297 Å². The molecule has 53 heavy (non-hydrogen) atoms. The summed E-state index contributed by atoms with van der Waals surface area (Å²) in [5, 5.41) is 16.1. The quantitative estimate of drug-likeness (QED) is 0.173. The van der Waals surface area contributed by atoms with Crippen molar-refractivity contribution in [2.24, 2.45) is 0 Å². The minimum absolute atomic E-state index is 0.195. The number of hydrazine groups is 1. The molecule has 0 saturated carbocycles. The zero-order valence-electron chi connectivity index (χ0n) is 28.0. The van der Waals surface area contributed by atoms with Crippen LogP contribution in [0.5, 0.6) is 0 Å². The van der Waals surface area contributed by atoms with E-state index < -0.39 is 70.5 Å². The number of alkyl halides is 6. The van der Waals surface area contributed by atoms with E-state index in [0.717, 1.165) is 17.1 Å². The first-order chi connectivity index (χ1) is 25.0. The number of nitrogens with one attached hydrogen (secondary N) is 1. The number of rotatable bonds is 6. The number of halogens is 8. The van der Waals surface area contributed by atoms with Crippen molar-refractivity contribution in [3.63, 3.8) is 0 Å². The van der Waals surface area contributed by atoms with Gasteiger partial charge in [-0.15, -0.1) is 0 Å². The van der Waals surface area contributed by atoms with Gasteiger partial charge in [-0.05, 0) is 50.1 Å². The van der Waals surface area contributed by atoms with Crippen LogP contribution in [-0.4, -0.2) is 81.8 Å². The van der Waals surface area contributed by atoms with Gasteiger partial charge in [-0.1, -0.05) is 24.0 Å². The standard InChI is InChI=1S/C36H31F8N5O4/c1-34-11-3-13-49(34)48(20-23-6-5-21(29(37)30(23)38)4-2-12-47-14-16-53-17-15-47)33(52)28(31(34)50)32(51)46-26-9-8-24(35(39,40)41)18-25(26)22-7-10-27(45-19-22)36(42,43)44/h5-10,18-19,50H,3,11-17,20H2,1H3,(H,46,51). The lowest BCUT2D eigenvalue weighted by molar-refractivity contribution is -0.160. The Bertz CT molecular complexity index is 2020. The molecule has 2 saturated heterocycles. The number of hydrogen-bond donors (Lipinski definition) is 2. The number of aliphatic hydroxyl groups is 1. The highest BCUT2D eigenvalue weighted by Crippen LogP contribution is 2.43. The second-order valence-corrected chi connectivity index (χ2v) is 12.8. The molecule has 9 nitrogen and oxygen atoms in total. The van der Waals surface area contributed by atoms with E-state index in [0.29, 0.717) is 63.7 Å². The molecule has 0 bridgehead atoms. The summed E-state index contributed by atoms with van der Waals surface area (Å²) in [6.45, 7) is 3.86. The largest absolute Gasteiger partial charge is 0.509 e. The van der Waals surface area contributed by atoms with E-state index in [9.17, 15) is 41.0 Å². The molecule has 2 aromatic carbocycles. The van der Waals surface area contributed by atoms with E-state index in [4.69, 9.17) is 4.74 Å². The number of anilines is 1. The number of aromatic nitrogens is 1. The Balaban J connectivity index is 1.30. The first-order valence-electron chi connectivity index (χ1n) is 16.3. The highest BCUT2D eigenvalue weighted by molar-refractivity contribution is 6.24. The predicted octanol–water partition coefficient (Wildman–Crippen LogP) is 6.31. The average molecular weight is 750 g/mol. The molecule has 3 aliphatic rings. The molecule has 1 atom stereocenters. The van der Waals surface area contributed by atoms with E-state index in [1.54, 1.807) is 0 Å². The maximum Gasteiger partial charge on any atom is 0.433 e. The monoisotopic (exact) mass is 749 g/mol. The fourth-order valence-corrected chi connectivity index (χ4v) is 6.50. The van der Waals surface area contributed by atoms with Crippen LogP contribution in [0.3, 0.4) is 0 Å². The number of aliphatic hydroxyl groups excluding tert-OH is 1. The normalized spacial score (nSPS) is 19.9. The van der Waals surface area contributed by atoms with Crippen LogP contribution in [0.2, 0.25) is 0 Å². The van der Waals surface area contributed by atoms with Gasteiger partial charge in [0.2, 0.25) is 0 Å². The third-order valence-corrected chi connectivity index (χ3v) is 9.39. The molecule has 1 unspecified atom stereocenters. The summed E-state index contributed by atoms with van der Waals surface area (Å²) in [5.41, 5.74) is -6.09. The fraction of sp³-hybridized carbons (Fsp3) is 0.361. The molecule has 6 rings (SSSR count). The number of carbonyl (C=O) groups is 2. The van der Waals surface area contributed by atoms with Gasteiger partial charge in [0.05, 0.1) is 43.0 Å². The molecular formula is C36H31F8N5O4. The van der Waals surface area contributed by atoms with Crippen LogP contribution in [0.4, 0.5) is 40.8 Å². The highest BCUT2D eigenvalue weighted by atomic mass is 19.4. The molecule has 2 fully saturated rings. The van der Waals surface area contributed by atoms with Crippen LogP contribution in [0, 0.1) is 23.5 Å². The van der Waals surface area contributed by atoms with Crippen molar-refractivity contribution >= 4 is 17.5 Å². The van der Waals surface area contributed by atoms with Gasteiger partial charge >= 0.3 is 12.4 Å². The number of pyridine rings is 1. The molecule has 1 aromatic heterocycles. The first kappa shape index (κ1) is 37.7. The molecule has 0 spiro atoms. The van der Waals surface area contributed by atoms with Crippen molar-refractivity contribution < 1.29 is 54.6 Å². The lowest BCUT2D eigenvalue weighted by atomic mass is 9.90. The third-order valence-electron chi connectivity index (χ3n) is 9.39. The van der Waals surface area contributed by atoms with Crippen molar-refractivity contribution in [2.45, 2.75) is 44.2 Å². The highest BCUT2D eigenvalue weighted by Gasteiger charge is 2.53. The minimum Gasteiger partial charge on any atom is -0.509 e. The van der Waals surface area contributed by atoms with Gasteiger partial charge in [0.15, 0.2) is 11.6 Å². The molecular weight excluding hydrogens is 718 g/mol. The predicted molar refractivity (Wildman–Crippen MR) is 173 cm³/mol. The minimum atomic E-state index is -4.87. The van der Waals surface area contributed by atoms with E-state index in [2.05, 4.69) is 22.1 Å². The van der Waals surface area contributed by atoms with Gasteiger partial charge in [0, 0.05) is 48.2 Å². The molecule has 0 radical (unpaired) electrons. The summed E-state index contributed by atoms with van der Waals surface area (Å²) in [7, 11) is 0. The van der Waals surface area contributed by atoms with Crippen LogP contribution in [0.25, 0.3) is 11.1 Å². The smallest absolute Gasteiger partial charge is 0.433 e. The number of benzene rings is 2. The molecule has 2 amide bonds. The van der Waals surface area contributed by atoms with Crippen LogP contribution < -0.4 is 5.32 Å². The van der Waals surface area contributed by atoms with Gasteiger partial charge in [-0.3, -0.25) is 24.5 Å². The molecule has 4 heterocycles. The summed E-state index contributed by atoms with van der Waals surface area (Å²) < 4.78 is 116. The summed E-state index contributed by atoms with van der Waals surface area (Å²) in [4.78, 5) is 33.1. The van der Waals surface area contributed by atoms with Gasteiger partial charge in [0.1, 0.15) is 17.0 Å². The van der Waals surface area contributed by atoms with Crippen LogP contribution in [0.1, 0.15) is 42.1 Å². The Hall–Kier alpha value is -5.05. The maximum atomic E-state index is 15.5. The van der Waals surface area contributed by atoms with Crippen molar-refractivity contribution in [1.82, 2.24) is 19.9 Å². The van der Waals surface area contributed by atoms with E-state index in [1.165, 1.54) is 24.1 Å². The topological polar surface area (TPSA) is 98.2 Å². The second kappa shape index (κ2) is 14.4. The van der Waals surface area contributed by atoms with Crippen molar-refractivity contribution in [1.29, 1.82) is 0 Å². The molecule has 0 aliphatic carbocycles. The maximum absolute atomic E-state index is 15.5. The summed E-state index contributed by atoms with van der Waals surface area (Å²) in [5.74, 6) is -0.107. The Morgan fingerprint density at radius 3 is 2.40 bits per heavy atom. The lowest BCUT2D eigenvalue weighted by Crippen LogP contribution is -2.60.